The quantitative estimate of drug-likeness (QED) is 0.774. The minimum absolute atomic E-state index is 0.449. The number of rotatable bonds is 4. The first-order valence-electron chi connectivity index (χ1n) is 7.40. The van der Waals surface area contributed by atoms with E-state index in [9.17, 15) is 0 Å². The molecule has 0 spiro atoms. The number of fused-ring (bicyclic) bond motifs is 1. The Hall–Kier alpha value is -2.07. The predicted molar refractivity (Wildman–Crippen MR) is 91.5 cm³/mol. The lowest BCUT2D eigenvalue weighted by Crippen LogP contribution is -2.10. The van der Waals surface area contributed by atoms with E-state index in [1.807, 2.05) is 12.3 Å². The Morgan fingerprint density at radius 3 is 2.64 bits per heavy atom. The molecule has 2 heterocycles. The van der Waals surface area contributed by atoms with E-state index in [1.165, 1.54) is 5.56 Å². The molecule has 0 aliphatic rings. The monoisotopic (exact) mass is 314 g/mol. The van der Waals surface area contributed by atoms with E-state index < -0.39 is 0 Å². The highest BCUT2D eigenvalue weighted by molar-refractivity contribution is 6.29. The predicted octanol–water partition coefficient (Wildman–Crippen LogP) is 4.43. The van der Waals surface area contributed by atoms with Crippen molar-refractivity contribution in [3.05, 3.63) is 47.2 Å². The van der Waals surface area contributed by atoms with Crippen molar-refractivity contribution in [2.45, 2.75) is 20.8 Å². The molecule has 1 aromatic carbocycles. The Morgan fingerprint density at radius 2 is 1.95 bits per heavy atom. The standard InChI is InChI=1S/C17H19ClN4/c1-11(2)9-19-14-8-16(18)21-22-15(10-20-17(14)22)13-6-4-12(3)5-7-13/h4-8,10-11,19H,9H2,1-3H3. The van der Waals surface area contributed by atoms with Crippen LogP contribution in [0.4, 0.5) is 5.69 Å². The van der Waals surface area contributed by atoms with Crippen LogP contribution in [0.1, 0.15) is 19.4 Å². The third kappa shape index (κ3) is 2.92. The molecule has 114 valence electrons. The molecule has 4 nitrogen and oxygen atoms in total. The fourth-order valence-corrected chi connectivity index (χ4v) is 2.49. The molecule has 5 heteroatoms. The molecule has 0 atom stereocenters. The van der Waals surface area contributed by atoms with E-state index in [0.29, 0.717) is 11.1 Å². The molecule has 0 aliphatic heterocycles. The van der Waals surface area contributed by atoms with E-state index in [-0.39, 0.29) is 0 Å². The van der Waals surface area contributed by atoms with Crippen molar-refractivity contribution < 1.29 is 0 Å². The van der Waals surface area contributed by atoms with Gasteiger partial charge in [-0.25, -0.2) is 9.50 Å². The van der Waals surface area contributed by atoms with Gasteiger partial charge in [0.05, 0.1) is 17.6 Å². The molecule has 0 aliphatic carbocycles. The van der Waals surface area contributed by atoms with Gasteiger partial charge in [-0.3, -0.25) is 0 Å². The number of halogens is 1. The van der Waals surface area contributed by atoms with Gasteiger partial charge in [-0.05, 0) is 12.8 Å². The first kappa shape index (κ1) is 14.9. The molecule has 0 unspecified atom stereocenters. The lowest BCUT2D eigenvalue weighted by atomic mass is 10.1. The zero-order chi connectivity index (χ0) is 15.7. The second kappa shape index (κ2) is 5.97. The smallest absolute Gasteiger partial charge is 0.177 e. The van der Waals surface area contributed by atoms with Crippen molar-refractivity contribution in [3.8, 4) is 11.3 Å². The number of hydrogen-bond donors (Lipinski definition) is 1. The van der Waals surface area contributed by atoms with Crippen molar-refractivity contribution in [1.82, 2.24) is 14.6 Å². The van der Waals surface area contributed by atoms with Crippen LogP contribution in [0, 0.1) is 12.8 Å². The lowest BCUT2D eigenvalue weighted by molar-refractivity contribution is 0.688. The van der Waals surface area contributed by atoms with E-state index in [2.05, 4.69) is 60.4 Å². The van der Waals surface area contributed by atoms with E-state index in [0.717, 1.165) is 29.1 Å². The number of aromatic nitrogens is 3. The van der Waals surface area contributed by atoms with Crippen LogP contribution < -0.4 is 5.32 Å². The van der Waals surface area contributed by atoms with Gasteiger partial charge in [0, 0.05) is 18.2 Å². The van der Waals surface area contributed by atoms with Crippen molar-refractivity contribution >= 4 is 22.9 Å². The third-order valence-corrected chi connectivity index (χ3v) is 3.67. The molecule has 2 aromatic heterocycles. The first-order chi connectivity index (χ1) is 10.5. The second-order valence-electron chi connectivity index (χ2n) is 5.90. The molecular formula is C17H19ClN4. The van der Waals surface area contributed by atoms with Crippen molar-refractivity contribution in [3.63, 3.8) is 0 Å². The summed E-state index contributed by atoms with van der Waals surface area (Å²) in [6.45, 7) is 7.26. The molecule has 0 saturated heterocycles. The Kier molecular flexibility index (Phi) is 4.03. The molecule has 3 aromatic rings. The maximum Gasteiger partial charge on any atom is 0.177 e. The molecule has 0 radical (unpaired) electrons. The largest absolute Gasteiger partial charge is 0.382 e. The second-order valence-corrected chi connectivity index (χ2v) is 6.29. The minimum atomic E-state index is 0.449. The average molecular weight is 315 g/mol. The number of aryl methyl sites for hydroxylation is 1. The molecule has 22 heavy (non-hydrogen) atoms. The van der Waals surface area contributed by atoms with Crippen molar-refractivity contribution in [2.75, 3.05) is 11.9 Å². The molecule has 0 amide bonds. The average Bonchev–Trinajstić information content (AvgIpc) is 2.89. The van der Waals surface area contributed by atoms with Crippen LogP contribution >= 0.6 is 11.6 Å². The summed E-state index contributed by atoms with van der Waals surface area (Å²) in [5.74, 6) is 0.540. The van der Waals surface area contributed by atoms with Gasteiger partial charge in [-0.15, -0.1) is 0 Å². The Balaban J connectivity index is 2.08. The van der Waals surface area contributed by atoms with Crippen LogP contribution in [0.5, 0.6) is 0 Å². The van der Waals surface area contributed by atoms with Crippen LogP contribution in [-0.2, 0) is 0 Å². The van der Waals surface area contributed by atoms with Crippen molar-refractivity contribution in [2.24, 2.45) is 5.92 Å². The van der Waals surface area contributed by atoms with Gasteiger partial charge >= 0.3 is 0 Å². The van der Waals surface area contributed by atoms with Gasteiger partial charge in [-0.1, -0.05) is 55.3 Å². The number of benzene rings is 1. The van der Waals surface area contributed by atoms with Gasteiger partial charge in [0.25, 0.3) is 0 Å². The Bertz CT molecular complexity index is 790. The normalized spacial score (nSPS) is 11.3. The third-order valence-electron chi connectivity index (χ3n) is 3.49. The van der Waals surface area contributed by atoms with Gasteiger partial charge in [0.1, 0.15) is 0 Å². The van der Waals surface area contributed by atoms with Gasteiger partial charge < -0.3 is 5.32 Å². The number of hydrogen-bond acceptors (Lipinski definition) is 3. The highest BCUT2D eigenvalue weighted by Crippen LogP contribution is 2.26. The Morgan fingerprint density at radius 1 is 1.23 bits per heavy atom. The topological polar surface area (TPSA) is 42.2 Å². The van der Waals surface area contributed by atoms with Crippen LogP contribution in [0.15, 0.2) is 36.5 Å². The molecule has 0 fully saturated rings. The fraction of sp³-hybridized carbons (Fsp3) is 0.294. The van der Waals surface area contributed by atoms with Gasteiger partial charge in [0.2, 0.25) is 0 Å². The van der Waals surface area contributed by atoms with E-state index in [4.69, 9.17) is 11.6 Å². The lowest BCUT2D eigenvalue weighted by Gasteiger charge is -2.10. The van der Waals surface area contributed by atoms with E-state index >= 15 is 0 Å². The van der Waals surface area contributed by atoms with E-state index in [1.54, 1.807) is 4.52 Å². The maximum atomic E-state index is 6.18. The molecule has 0 saturated carbocycles. The zero-order valence-corrected chi connectivity index (χ0v) is 13.7. The summed E-state index contributed by atoms with van der Waals surface area (Å²) in [5, 5.41) is 8.25. The summed E-state index contributed by atoms with van der Waals surface area (Å²) >= 11 is 6.18. The molecule has 0 bridgehead atoms. The first-order valence-corrected chi connectivity index (χ1v) is 7.77. The minimum Gasteiger partial charge on any atom is -0.382 e. The summed E-state index contributed by atoms with van der Waals surface area (Å²) in [6, 6.07) is 10.1. The molecular weight excluding hydrogens is 296 g/mol. The summed E-state index contributed by atoms with van der Waals surface area (Å²) in [6.07, 6.45) is 1.84. The van der Waals surface area contributed by atoms with Gasteiger partial charge in [0.15, 0.2) is 10.8 Å². The number of nitrogens with zero attached hydrogens (tertiary/aromatic N) is 3. The summed E-state index contributed by atoms with van der Waals surface area (Å²) in [7, 11) is 0. The van der Waals surface area contributed by atoms with Crippen LogP contribution in [-0.4, -0.2) is 21.1 Å². The SMILES string of the molecule is Cc1ccc(-c2cnc3c(NCC(C)C)cc(Cl)nn23)cc1. The molecule has 3 rings (SSSR count). The van der Waals surface area contributed by atoms with Crippen LogP contribution in [0.3, 0.4) is 0 Å². The maximum absolute atomic E-state index is 6.18. The molecule has 1 N–H and O–H groups in total. The van der Waals surface area contributed by atoms with Gasteiger partial charge in [-0.2, -0.15) is 5.10 Å². The number of anilines is 1. The highest BCUT2D eigenvalue weighted by atomic mass is 35.5. The summed E-state index contributed by atoms with van der Waals surface area (Å²) < 4.78 is 1.80. The highest BCUT2D eigenvalue weighted by Gasteiger charge is 2.12. The van der Waals surface area contributed by atoms with Crippen LogP contribution in [0.2, 0.25) is 5.15 Å². The number of imidazole rings is 1. The summed E-state index contributed by atoms with van der Waals surface area (Å²) in [4.78, 5) is 4.52. The zero-order valence-electron chi connectivity index (χ0n) is 13.0. The Labute approximate surface area is 135 Å². The van der Waals surface area contributed by atoms with Crippen LogP contribution in [0.25, 0.3) is 16.9 Å². The number of nitrogens with one attached hydrogen (secondary N) is 1. The summed E-state index contributed by atoms with van der Waals surface area (Å²) in [5.41, 5.74) is 4.93. The van der Waals surface area contributed by atoms with Crippen molar-refractivity contribution in [1.29, 1.82) is 0 Å². The fourth-order valence-electron chi connectivity index (χ4n) is 2.30.